The molecule has 170 valence electrons. The molecular weight excluding hydrogens is 429 g/mol. The molecule has 0 saturated heterocycles. The number of likely N-dealkylation sites (N-methyl/N-ethyl adjacent to an activating group) is 1. The molecule has 3 rings (SSSR count). The molecule has 1 unspecified atom stereocenters. The molecule has 0 spiro atoms. The minimum absolute atomic E-state index is 0.104. The number of aliphatic carboxylic acids is 2. The van der Waals surface area contributed by atoms with E-state index in [9.17, 15) is 33.0 Å². The van der Waals surface area contributed by atoms with Crippen molar-refractivity contribution in [2.45, 2.75) is 24.6 Å². The number of carbonyl (C=O) groups is 2. The van der Waals surface area contributed by atoms with Crippen molar-refractivity contribution in [2.75, 3.05) is 18.7 Å². The average Bonchev–Trinajstić information content (AvgIpc) is 2.89. The van der Waals surface area contributed by atoms with Gasteiger partial charge in [-0.1, -0.05) is 18.2 Å². The summed E-state index contributed by atoms with van der Waals surface area (Å²) in [6.45, 7) is -0.104. The van der Waals surface area contributed by atoms with Crippen LogP contribution in [-0.4, -0.2) is 41.3 Å². The summed E-state index contributed by atoms with van der Waals surface area (Å²) in [6, 6.07) is 11.2. The van der Waals surface area contributed by atoms with Crippen LogP contribution in [-0.2, 0) is 22.2 Å². The zero-order valence-corrected chi connectivity index (χ0v) is 17.0. The van der Waals surface area contributed by atoms with Gasteiger partial charge in [0.05, 0.1) is 28.9 Å². The highest BCUT2D eigenvalue weighted by atomic mass is 19.4. The first-order valence-electron chi connectivity index (χ1n) is 9.64. The molecule has 1 aliphatic heterocycles. The maximum atomic E-state index is 12.9. The van der Waals surface area contributed by atoms with Crippen molar-refractivity contribution in [3.8, 4) is 5.75 Å². The molecule has 0 saturated carbocycles. The van der Waals surface area contributed by atoms with Crippen LogP contribution >= 0.6 is 0 Å². The van der Waals surface area contributed by atoms with Crippen LogP contribution in [0.2, 0.25) is 0 Å². The number of hydrogen-bond acceptors (Lipinski definition) is 5. The van der Waals surface area contributed by atoms with Crippen LogP contribution in [0.1, 0.15) is 17.5 Å². The van der Waals surface area contributed by atoms with Crippen molar-refractivity contribution >= 4 is 17.6 Å². The molecule has 0 radical (unpaired) electrons. The number of halogens is 3. The zero-order chi connectivity index (χ0) is 23.5. The molecule has 0 aliphatic carbocycles. The van der Waals surface area contributed by atoms with Gasteiger partial charge < -0.3 is 20.4 Å². The summed E-state index contributed by atoms with van der Waals surface area (Å²) in [4.78, 5) is 29.1. The Bertz CT molecular complexity index is 1040. The van der Waals surface area contributed by atoms with Gasteiger partial charge in [-0.2, -0.15) is 13.2 Å². The standard InChI is InChI=1S/C22H21F3N2O5/c1-26-21(17(20(30)31)12-19(28)29)11-10-14-4-2-3-5-18(14)27(13-21)32-16-8-6-15(7-9-16)22(23,24)25/h2-9,12,26H,10-11,13H2,1H3,(H,28,29)(H,30,31). The Morgan fingerprint density at radius 2 is 1.78 bits per heavy atom. The lowest BCUT2D eigenvalue weighted by Crippen LogP contribution is -2.55. The predicted octanol–water partition coefficient (Wildman–Crippen LogP) is 3.51. The first-order valence-corrected chi connectivity index (χ1v) is 9.64. The minimum atomic E-state index is -4.49. The third kappa shape index (κ3) is 4.86. The highest BCUT2D eigenvalue weighted by molar-refractivity contribution is 5.97. The first kappa shape index (κ1) is 23.1. The molecule has 2 aromatic rings. The molecule has 7 nitrogen and oxygen atoms in total. The van der Waals surface area contributed by atoms with Gasteiger partial charge in [0, 0.05) is 6.08 Å². The summed E-state index contributed by atoms with van der Waals surface area (Å²) in [6.07, 6.45) is -3.19. The van der Waals surface area contributed by atoms with E-state index in [1.165, 1.54) is 24.2 Å². The number of alkyl halides is 3. The summed E-state index contributed by atoms with van der Waals surface area (Å²) < 4.78 is 38.6. The quantitative estimate of drug-likeness (QED) is 0.580. The fourth-order valence-electron chi connectivity index (χ4n) is 3.72. The molecule has 0 bridgehead atoms. The van der Waals surface area contributed by atoms with Gasteiger partial charge in [0.2, 0.25) is 0 Å². The lowest BCUT2D eigenvalue weighted by molar-refractivity contribution is -0.137. The molecule has 1 heterocycles. The molecule has 0 fully saturated rings. The highest BCUT2D eigenvalue weighted by Gasteiger charge is 2.42. The highest BCUT2D eigenvalue weighted by Crippen LogP contribution is 2.36. The second-order valence-corrected chi connectivity index (χ2v) is 7.31. The van der Waals surface area contributed by atoms with E-state index in [0.29, 0.717) is 18.2 Å². The van der Waals surface area contributed by atoms with Crippen LogP contribution in [0.15, 0.2) is 60.2 Å². The smallest absolute Gasteiger partial charge is 0.416 e. The molecule has 3 N–H and O–H groups in total. The van der Waals surface area contributed by atoms with Gasteiger partial charge >= 0.3 is 18.1 Å². The lowest BCUT2D eigenvalue weighted by Gasteiger charge is -2.37. The lowest BCUT2D eigenvalue weighted by atomic mass is 9.84. The Kier molecular flexibility index (Phi) is 6.45. The Hall–Kier alpha value is -3.53. The zero-order valence-electron chi connectivity index (χ0n) is 17.0. The van der Waals surface area contributed by atoms with Crippen molar-refractivity contribution in [1.82, 2.24) is 5.32 Å². The van der Waals surface area contributed by atoms with Crippen LogP contribution in [0.3, 0.4) is 0 Å². The fraction of sp³-hybridized carbons (Fsp3) is 0.273. The van der Waals surface area contributed by atoms with Crippen molar-refractivity contribution in [3.05, 3.63) is 71.3 Å². The van der Waals surface area contributed by atoms with Gasteiger partial charge in [-0.15, -0.1) is 0 Å². The molecule has 1 atom stereocenters. The van der Waals surface area contributed by atoms with Crippen LogP contribution in [0.25, 0.3) is 0 Å². The van der Waals surface area contributed by atoms with Crippen molar-refractivity contribution in [3.63, 3.8) is 0 Å². The molecule has 32 heavy (non-hydrogen) atoms. The Balaban J connectivity index is 2.03. The number of fused-ring (bicyclic) bond motifs is 1. The van der Waals surface area contributed by atoms with E-state index in [0.717, 1.165) is 17.7 Å². The van der Waals surface area contributed by atoms with E-state index in [2.05, 4.69) is 5.32 Å². The van der Waals surface area contributed by atoms with Gasteiger partial charge in [-0.05, 0) is 55.8 Å². The number of nitrogens with one attached hydrogen (secondary N) is 1. The van der Waals surface area contributed by atoms with E-state index in [-0.39, 0.29) is 24.3 Å². The molecule has 1 aliphatic rings. The maximum absolute atomic E-state index is 12.9. The number of carboxylic acid groups (broad SMARTS) is 2. The van der Waals surface area contributed by atoms with Crippen LogP contribution in [0.5, 0.6) is 5.75 Å². The summed E-state index contributed by atoms with van der Waals surface area (Å²) in [5.74, 6) is -2.70. The Labute approximate surface area is 181 Å². The number of anilines is 1. The number of nitrogens with zero attached hydrogens (tertiary/aromatic N) is 1. The molecular formula is C22H21F3N2O5. The number of benzene rings is 2. The Morgan fingerprint density at radius 3 is 2.34 bits per heavy atom. The number of para-hydroxylation sites is 1. The van der Waals surface area contributed by atoms with Gasteiger partial charge in [-0.25, -0.2) is 14.7 Å². The number of hydroxylamine groups is 1. The van der Waals surface area contributed by atoms with E-state index in [1.807, 2.05) is 6.07 Å². The average molecular weight is 450 g/mol. The van der Waals surface area contributed by atoms with Gasteiger partial charge in [0.15, 0.2) is 5.75 Å². The van der Waals surface area contributed by atoms with Gasteiger partial charge in [-0.3, -0.25) is 0 Å². The van der Waals surface area contributed by atoms with Crippen LogP contribution < -0.4 is 15.2 Å². The third-order valence-corrected chi connectivity index (χ3v) is 5.38. The predicted molar refractivity (Wildman–Crippen MR) is 109 cm³/mol. The number of carboxylic acids is 2. The Morgan fingerprint density at radius 1 is 1.12 bits per heavy atom. The van der Waals surface area contributed by atoms with Gasteiger partial charge in [0.25, 0.3) is 0 Å². The largest absolute Gasteiger partial charge is 0.478 e. The van der Waals surface area contributed by atoms with E-state index in [4.69, 9.17) is 4.84 Å². The fourth-order valence-corrected chi connectivity index (χ4v) is 3.72. The molecule has 0 aromatic heterocycles. The number of hydrogen-bond donors (Lipinski definition) is 3. The van der Waals surface area contributed by atoms with Crippen LogP contribution in [0.4, 0.5) is 18.9 Å². The van der Waals surface area contributed by atoms with Crippen molar-refractivity contribution < 1.29 is 37.8 Å². The van der Waals surface area contributed by atoms with Crippen molar-refractivity contribution in [2.24, 2.45) is 0 Å². The summed E-state index contributed by atoms with van der Waals surface area (Å²) in [5, 5.41) is 23.2. The molecule has 0 amide bonds. The van der Waals surface area contributed by atoms with E-state index in [1.54, 1.807) is 18.2 Å². The van der Waals surface area contributed by atoms with E-state index < -0.39 is 29.2 Å². The monoisotopic (exact) mass is 450 g/mol. The summed E-state index contributed by atoms with van der Waals surface area (Å²) >= 11 is 0. The summed E-state index contributed by atoms with van der Waals surface area (Å²) in [5.41, 5.74) is -1.08. The maximum Gasteiger partial charge on any atom is 0.416 e. The normalized spacial score (nSPS) is 19.1. The summed E-state index contributed by atoms with van der Waals surface area (Å²) in [7, 11) is 1.52. The topological polar surface area (TPSA) is 99.1 Å². The SMILES string of the molecule is CNC1(C(=CC(=O)O)C(=O)O)CCc2ccccc2N(Oc2ccc(C(F)(F)F)cc2)C1. The number of aryl methyl sites for hydroxylation is 1. The second kappa shape index (κ2) is 8.91. The number of rotatable bonds is 6. The first-order chi connectivity index (χ1) is 15.1. The van der Waals surface area contributed by atoms with E-state index >= 15 is 0 Å². The minimum Gasteiger partial charge on any atom is -0.478 e. The van der Waals surface area contributed by atoms with Crippen LogP contribution in [0, 0.1) is 0 Å². The van der Waals surface area contributed by atoms with Gasteiger partial charge in [0.1, 0.15) is 0 Å². The van der Waals surface area contributed by atoms with Crippen molar-refractivity contribution in [1.29, 1.82) is 0 Å². The molecule has 10 heteroatoms. The third-order valence-electron chi connectivity index (χ3n) is 5.38. The molecule has 2 aromatic carbocycles. The second-order valence-electron chi connectivity index (χ2n) is 7.31.